The maximum Gasteiger partial charge on any atom is 0.332 e. The highest BCUT2D eigenvalue weighted by Gasteiger charge is 2.05. The van der Waals surface area contributed by atoms with Gasteiger partial charge in [0.15, 0.2) is 0 Å². The summed E-state index contributed by atoms with van der Waals surface area (Å²) in [4.78, 5) is 11.0. The van der Waals surface area contributed by atoms with Crippen molar-refractivity contribution in [1.29, 1.82) is 0 Å². The van der Waals surface area contributed by atoms with Crippen molar-refractivity contribution in [2.45, 2.75) is 46.8 Å². The van der Waals surface area contributed by atoms with Gasteiger partial charge in [0.1, 0.15) is 0 Å². The molecule has 0 aromatic carbocycles. The molecule has 0 aliphatic rings. The lowest BCUT2D eigenvalue weighted by Crippen LogP contribution is -2.13. The number of hydrogen-bond acceptors (Lipinski definition) is 3. The van der Waals surface area contributed by atoms with Gasteiger partial charge in [0.25, 0.3) is 0 Å². The van der Waals surface area contributed by atoms with Crippen LogP contribution in [0, 0.1) is 0 Å². The third kappa shape index (κ3) is 9.57. The summed E-state index contributed by atoms with van der Waals surface area (Å²) in [5.41, 5.74) is 2.28. The molecule has 0 saturated heterocycles. The average molecular weight is 238 g/mol. The lowest BCUT2D eigenvalue weighted by molar-refractivity contribution is -0.154. The SMILES string of the molecule is C/C=C/C(=O)OC(O)/C=C(\C)CCC=C(C)C. The van der Waals surface area contributed by atoms with Crippen molar-refractivity contribution in [2.75, 3.05) is 0 Å². The van der Waals surface area contributed by atoms with E-state index in [4.69, 9.17) is 4.74 Å². The number of hydrogen-bond donors (Lipinski definition) is 1. The molecule has 0 aromatic rings. The van der Waals surface area contributed by atoms with E-state index in [-0.39, 0.29) is 0 Å². The largest absolute Gasteiger partial charge is 0.429 e. The number of aliphatic hydroxyl groups is 1. The molecule has 3 heteroatoms. The van der Waals surface area contributed by atoms with Gasteiger partial charge in [0.2, 0.25) is 6.29 Å². The van der Waals surface area contributed by atoms with Crippen LogP contribution in [0.5, 0.6) is 0 Å². The van der Waals surface area contributed by atoms with Gasteiger partial charge in [-0.1, -0.05) is 23.3 Å². The molecule has 1 atom stereocenters. The minimum atomic E-state index is -1.16. The fourth-order valence-corrected chi connectivity index (χ4v) is 1.24. The van der Waals surface area contributed by atoms with E-state index in [0.717, 1.165) is 18.4 Å². The number of rotatable bonds is 6. The fourth-order valence-electron chi connectivity index (χ4n) is 1.24. The second-order valence-electron chi connectivity index (χ2n) is 4.16. The Hall–Kier alpha value is -1.35. The predicted molar refractivity (Wildman–Crippen MR) is 69.3 cm³/mol. The third-order valence-electron chi connectivity index (χ3n) is 2.06. The van der Waals surface area contributed by atoms with E-state index >= 15 is 0 Å². The molecule has 0 aliphatic carbocycles. The van der Waals surface area contributed by atoms with Crippen molar-refractivity contribution in [3.63, 3.8) is 0 Å². The van der Waals surface area contributed by atoms with E-state index in [9.17, 15) is 9.90 Å². The summed E-state index contributed by atoms with van der Waals surface area (Å²) in [6.07, 6.45) is 7.15. The molecule has 0 heterocycles. The van der Waals surface area contributed by atoms with E-state index in [2.05, 4.69) is 6.08 Å². The molecule has 0 amide bonds. The maximum atomic E-state index is 11.0. The van der Waals surface area contributed by atoms with Crippen LogP contribution in [0.1, 0.15) is 40.5 Å². The summed E-state index contributed by atoms with van der Waals surface area (Å²) in [5.74, 6) is -0.534. The molecule has 0 bridgehead atoms. The van der Waals surface area contributed by atoms with Crippen LogP contribution in [0.15, 0.2) is 35.5 Å². The Morgan fingerprint density at radius 1 is 1.35 bits per heavy atom. The first-order chi connectivity index (χ1) is 7.95. The monoisotopic (exact) mass is 238 g/mol. The van der Waals surface area contributed by atoms with Gasteiger partial charge in [-0.15, -0.1) is 0 Å². The number of ether oxygens (including phenoxy) is 1. The van der Waals surface area contributed by atoms with E-state index in [1.165, 1.54) is 11.6 Å². The highest BCUT2D eigenvalue weighted by Crippen LogP contribution is 2.08. The van der Waals surface area contributed by atoms with Crippen molar-refractivity contribution < 1.29 is 14.6 Å². The number of aliphatic hydroxyl groups excluding tert-OH is 1. The number of esters is 1. The summed E-state index contributed by atoms with van der Waals surface area (Å²) in [6, 6.07) is 0. The molecule has 0 radical (unpaired) electrons. The molecular weight excluding hydrogens is 216 g/mol. The van der Waals surface area contributed by atoms with E-state index in [1.807, 2.05) is 20.8 Å². The highest BCUT2D eigenvalue weighted by atomic mass is 16.6. The molecule has 0 aliphatic heterocycles. The Balaban J connectivity index is 4.10. The minimum Gasteiger partial charge on any atom is -0.429 e. The first-order valence-electron chi connectivity index (χ1n) is 5.77. The van der Waals surface area contributed by atoms with Crippen LogP contribution in [0.3, 0.4) is 0 Å². The fraction of sp³-hybridized carbons (Fsp3) is 0.500. The lowest BCUT2D eigenvalue weighted by Gasteiger charge is -2.07. The lowest BCUT2D eigenvalue weighted by atomic mass is 10.1. The summed E-state index contributed by atoms with van der Waals surface area (Å²) < 4.78 is 4.73. The Kier molecular flexibility index (Phi) is 8.07. The topological polar surface area (TPSA) is 46.5 Å². The van der Waals surface area contributed by atoms with Gasteiger partial charge in [-0.2, -0.15) is 0 Å². The van der Waals surface area contributed by atoms with Gasteiger partial charge in [-0.3, -0.25) is 0 Å². The summed E-state index contributed by atoms with van der Waals surface area (Å²) in [7, 11) is 0. The molecule has 1 unspecified atom stereocenters. The molecule has 3 nitrogen and oxygen atoms in total. The van der Waals surface area contributed by atoms with Gasteiger partial charge in [-0.05, 0) is 46.6 Å². The minimum absolute atomic E-state index is 0.534. The molecule has 96 valence electrons. The second-order valence-corrected chi connectivity index (χ2v) is 4.16. The molecule has 0 aromatic heterocycles. The smallest absolute Gasteiger partial charge is 0.332 e. The molecule has 0 rings (SSSR count). The zero-order chi connectivity index (χ0) is 13.3. The van der Waals surface area contributed by atoms with Crippen molar-refractivity contribution in [2.24, 2.45) is 0 Å². The zero-order valence-electron chi connectivity index (χ0n) is 11.1. The van der Waals surface area contributed by atoms with Crippen molar-refractivity contribution in [3.05, 3.63) is 35.5 Å². The van der Waals surface area contributed by atoms with Crippen LogP contribution in [-0.4, -0.2) is 17.4 Å². The van der Waals surface area contributed by atoms with Crippen LogP contribution in [0.25, 0.3) is 0 Å². The van der Waals surface area contributed by atoms with Gasteiger partial charge >= 0.3 is 5.97 Å². The van der Waals surface area contributed by atoms with Crippen molar-refractivity contribution in [3.8, 4) is 0 Å². The Morgan fingerprint density at radius 2 is 2.00 bits per heavy atom. The predicted octanol–water partition coefficient (Wildman–Crippen LogP) is 3.12. The maximum absolute atomic E-state index is 11.0. The molecule has 0 fully saturated rings. The van der Waals surface area contributed by atoms with Gasteiger partial charge in [-0.25, -0.2) is 4.79 Å². The number of carbonyl (C=O) groups excluding carboxylic acids is 1. The zero-order valence-corrected chi connectivity index (χ0v) is 11.1. The first-order valence-corrected chi connectivity index (χ1v) is 5.77. The van der Waals surface area contributed by atoms with Crippen LogP contribution >= 0.6 is 0 Å². The summed E-state index contributed by atoms with van der Waals surface area (Å²) in [6.45, 7) is 7.72. The normalized spacial score (nSPS) is 13.6. The van der Waals surface area contributed by atoms with Crippen molar-refractivity contribution in [1.82, 2.24) is 0 Å². The van der Waals surface area contributed by atoms with Gasteiger partial charge in [0.05, 0.1) is 0 Å². The van der Waals surface area contributed by atoms with Crippen LogP contribution < -0.4 is 0 Å². The Morgan fingerprint density at radius 3 is 2.53 bits per heavy atom. The molecule has 0 spiro atoms. The molecular formula is C14H22O3. The quantitative estimate of drug-likeness (QED) is 0.335. The summed E-state index contributed by atoms with van der Waals surface area (Å²) in [5, 5.41) is 9.46. The Bertz CT molecular complexity index is 320. The van der Waals surface area contributed by atoms with Gasteiger partial charge < -0.3 is 9.84 Å². The third-order valence-corrected chi connectivity index (χ3v) is 2.06. The van der Waals surface area contributed by atoms with Crippen molar-refractivity contribution >= 4 is 5.97 Å². The van der Waals surface area contributed by atoms with Crippen LogP contribution in [-0.2, 0) is 9.53 Å². The molecule has 1 N–H and O–H groups in total. The van der Waals surface area contributed by atoms with Gasteiger partial charge in [0, 0.05) is 6.08 Å². The molecule has 17 heavy (non-hydrogen) atoms. The standard InChI is InChI=1S/C14H22O3/c1-5-7-13(15)17-14(16)10-12(4)9-6-8-11(2)3/h5,7-8,10,14,16H,6,9H2,1-4H3/b7-5+,12-10+. The first kappa shape index (κ1) is 15.7. The Labute approximate surface area is 103 Å². The number of allylic oxidation sites excluding steroid dienone is 4. The van der Waals surface area contributed by atoms with E-state index < -0.39 is 12.3 Å². The van der Waals surface area contributed by atoms with Crippen LogP contribution in [0.2, 0.25) is 0 Å². The molecule has 0 saturated carbocycles. The average Bonchev–Trinajstić information content (AvgIpc) is 2.16. The summed E-state index contributed by atoms with van der Waals surface area (Å²) >= 11 is 0. The highest BCUT2D eigenvalue weighted by molar-refractivity contribution is 5.81. The number of carbonyl (C=O) groups is 1. The van der Waals surface area contributed by atoms with E-state index in [1.54, 1.807) is 19.1 Å². The van der Waals surface area contributed by atoms with Crippen LogP contribution in [0.4, 0.5) is 0 Å². The second kappa shape index (κ2) is 8.76. The van der Waals surface area contributed by atoms with E-state index in [0.29, 0.717) is 0 Å².